The third kappa shape index (κ3) is 2.43. The second-order valence-corrected chi connectivity index (χ2v) is 4.48. The Bertz CT molecular complexity index is 511. The molecule has 2 N–H and O–H groups in total. The van der Waals surface area contributed by atoms with Crippen LogP contribution in [-0.4, -0.2) is 14.8 Å². The molecule has 2 aromatic rings. The van der Waals surface area contributed by atoms with Gasteiger partial charge >= 0.3 is 0 Å². The smallest absolute Gasteiger partial charge is 0.153 e. The van der Waals surface area contributed by atoms with Crippen LogP contribution in [0.15, 0.2) is 24.4 Å². The van der Waals surface area contributed by atoms with Crippen LogP contribution in [0, 0.1) is 0 Å². The monoisotopic (exact) mass is 244 g/mol. The first kappa shape index (κ1) is 12.8. The third-order valence-electron chi connectivity index (χ3n) is 3.07. The Morgan fingerprint density at radius 1 is 1.28 bits per heavy atom. The number of rotatable bonds is 4. The zero-order valence-electron chi connectivity index (χ0n) is 11.2. The minimum absolute atomic E-state index is 0.0148. The highest BCUT2D eigenvalue weighted by Gasteiger charge is 2.08. The lowest BCUT2D eigenvalue weighted by Gasteiger charge is -2.08. The molecule has 2 heterocycles. The van der Waals surface area contributed by atoms with E-state index in [1.807, 2.05) is 29.9 Å². The van der Waals surface area contributed by atoms with E-state index in [1.165, 1.54) is 5.69 Å². The summed E-state index contributed by atoms with van der Waals surface area (Å²) in [4.78, 5) is 4.45. The summed E-state index contributed by atoms with van der Waals surface area (Å²) in [7, 11) is 0. The van der Waals surface area contributed by atoms with Gasteiger partial charge in [-0.05, 0) is 37.5 Å². The molecule has 2 rings (SSSR count). The molecule has 0 bridgehead atoms. The van der Waals surface area contributed by atoms with Crippen LogP contribution in [0.1, 0.15) is 43.8 Å². The molecule has 0 radical (unpaired) electrons. The van der Waals surface area contributed by atoms with E-state index in [9.17, 15) is 0 Å². The van der Waals surface area contributed by atoms with Crippen LogP contribution < -0.4 is 5.73 Å². The van der Waals surface area contributed by atoms with Gasteiger partial charge in [0.15, 0.2) is 5.82 Å². The van der Waals surface area contributed by atoms with E-state index in [2.05, 4.69) is 30.0 Å². The molecule has 18 heavy (non-hydrogen) atoms. The van der Waals surface area contributed by atoms with E-state index >= 15 is 0 Å². The highest BCUT2D eigenvalue weighted by atomic mass is 15.3. The SMILES string of the molecule is CCc1cc(CC)n(-c2ccc([C@H](C)N)cn2)n1. The first-order valence-electron chi connectivity index (χ1n) is 6.45. The Balaban J connectivity index is 2.38. The van der Waals surface area contributed by atoms with Gasteiger partial charge in [-0.25, -0.2) is 9.67 Å². The molecule has 0 amide bonds. The molecule has 0 aliphatic rings. The molecular weight excluding hydrogens is 224 g/mol. The fourth-order valence-corrected chi connectivity index (χ4v) is 1.89. The predicted octanol–water partition coefficient (Wildman–Crippen LogP) is 2.41. The van der Waals surface area contributed by atoms with Crippen molar-refractivity contribution in [1.82, 2.24) is 14.8 Å². The van der Waals surface area contributed by atoms with E-state index in [4.69, 9.17) is 5.73 Å². The number of nitrogens with two attached hydrogens (primary N) is 1. The number of hydrogen-bond donors (Lipinski definition) is 1. The molecular formula is C14H20N4. The van der Waals surface area contributed by atoms with Crippen molar-refractivity contribution in [3.63, 3.8) is 0 Å². The molecule has 0 spiro atoms. The summed E-state index contributed by atoms with van der Waals surface area (Å²) >= 11 is 0. The van der Waals surface area contributed by atoms with Crippen molar-refractivity contribution >= 4 is 0 Å². The molecule has 0 saturated carbocycles. The Hall–Kier alpha value is -1.68. The summed E-state index contributed by atoms with van der Waals surface area (Å²) in [5, 5.41) is 4.57. The van der Waals surface area contributed by atoms with Gasteiger partial charge < -0.3 is 5.73 Å². The summed E-state index contributed by atoms with van der Waals surface area (Å²) in [5.41, 5.74) is 9.15. The first-order chi connectivity index (χ1) is 8.65. The van der Waals surface area contributed by atoms with Gasteiger partial charge in [-0.15, -0.1) is 0 Å². The second kappa shape index (κ2) is 5.31. The van der Waals surface area contributed by atoms with Gasteiger partial charge in [0.25, 0.3) is 0 Å². The maximum atomic E-state index is 5.82. The van der Waals surface area contributed by atoms with E-state index in [0.717, 1.165) is 29.9 Å². The van der Waals surface area contributed by atoms with Crippen molar-refractivity contribution in [3.8, 4) is 5.82 Å². The van der Waals surface area contributed by atoms with Crippen molar-refractivity contribution in [2.75, 3.05) is 0 Å². The van der Waals surface area contributed by atoms with Crippen molar-refractivity contribution in [2.45, 2.75) is 39.7 Å². The Labute approximate surface area is 108 Å². The molecule has 4 heteroatoms. The van der Waals surface area contributed by atoms with Crippen molar-refractivity contribution < 1.29 is 0 Å². The maximum absolute atomic E-state index is 5.82. The first-order valence-corrected chi connectivity index (χ1v) is 6.45. The average Bonchev–Trinajstić information content (AvgIpc) is 2.82. The normalized spacial score (nSPS) is 12.7. The second-order valence-electron chi connectivity index (χ2n) is 4.48. The fourth-order valence-electron chi connectivity index (χ4n) is 1.89. The number of pyridine rings is 1. The fraction of sp³-hybridized carbons (Fsp3) is 0.429. The summed E-state index contributed by atoms with van der Waals surface area (Å²) in [6.45, 7) is 6.19. The Kier molecular flexibility index (Phi) is 3.77. The molecule has 0 aromatic carbocycles. The van der Waals surface area contributed by atoms with Crippen LogP contribution in [0.5, 0.6) is 0 Å². The van der Waals surface area contributed by atoms with Gasteiger partial charge in [0.2, 0.25) is 0 Å². The molecule has 0 fully saturated rings. The Morgan fingerprint density at radius 3 is 2.56 bits per heavy atom. The van der Waals surface area contributed by atoms with Gasteiger partial charge in [-0.1, -0.05) is 19.9 Å². The third-order valence-corrected chi connectivity index (χ3v) is 3.07. The lowest BCUT2D eigenvalue weighted by Crippen LogP contribution is -2.08. The zero-order valence-corrected chi connectivity index (χ0v) is 11.2. The molecule has 2 aromatic heterocycles. The number of nitrogens with zero attached hydrogens (tertiary/aromatic N) is 3. The molecule has 0 aliphatic carbocycles. The summed E-state index contributed by atoms with van der Waals surface area (Å²) in [6.07, 6.45) is 3.72. The average molecular weight is 244 g/mol. The van der Waals surface area contributed by atoms with Crippen LogP contribution in [0.25, 0.3) is 5.82 Å². The van der Waals surface area contributed by atoms with Gasteiger partial charge in [0.05, 0.1) is 5.69 Å². The summed E-state index contributed by atoms with van der Waals surface area (Å²) < 4.78 is 1.92. The minimum Gasteiger partial charge on any atom is -0.324 e. The summed E-state index contributed by atoms with van der Waals surface area (Å²) in [6, 6.07) is 6.14. The van der Waals surface area contributed by atoms with E-state index in [0.29, 0.717) is 0 Å². The Morgan fingerprint density at radius 2 is 2.06 bits per heavy atom. The maximum Gasteiger partial charge on any atom is 0.153 e. The van der Waals surface area contributed by atoms with E-state index in [1.54, 1.807) is 0 Å². The zero-order chi connectivity index (χ0) is 13.1. The van der Waals surface area contributed by atoms with Gasteiger partial charge in [0, 0.05) is 17.9 Å². The van der Waals surface area contributed by atoms with E-state index < -0.39 is 0 Å². The number of aromatic nitrogens is 3. The molecule has 96 valence electrons. The van der Waals surface area contributed by atoms with Crippen LogP contribution >= 0.6 is 0 Å². The lowest BCUT2D eigenvalue weighted by atomic mass is 10.1. The van der Waals surface area contributed by atoms with Crippen molar-refractivity contribution in [3.05, 3.63) is 41.3 Å². The highest BCUT2D eigenvalue weighted by molar-refractivity contribution is 5.29. The largest absolute Gasteiger partial charge is 0.324 e. The minimum atomic E-state index is 0.0148. The molecule has 0 aliphatic heterocycles. The van der Waals surface area contributed by atoms with Gasteiger partial charge in [-0.3, -0.25) is 0 Å². The highest BCUT2D eigenvalue weighted by Crippen LogP contribution is 2.14. The van der Waals surface area contributed by atoms with Crippen molar-refractivity contribution in [1.29, 1.82) is 0 Å². The van der Waals surface area contributed by atoms with Gasteiger partial charge in [-0.2, -0.15) is 5.10 Å². The van der Waals surface area contributed by atoms with E-state index in [-0.39, 0.29) is 6.04 Å². The topological polar surface area (TPSA) is 56.7 Å². The molecule has 1 atom stereocenters. The number of hydrogen-bond acceptors (Lipinski definition) is 3. The molecule has 4 nitrogen and oxygen atoms in total. The van der Waals surface area contributed by atoms with Crippen molar-refractivity contribution in [2.24, 2.45) is 5.73 Å². The van der Waals surface area contributed by atoms with Gasteiger partial charge in [0.1, 0.15) is 0 Å². The number of aryl methyl sites for hydroxylation is 2. The summed E-state index contributed by atoms with van der Waals surface area (Å²) in [5.74, 6) is 0.857. The van der Waals surface area contributed by atoms with Crippen LogP contribution in [0.4, 0.5) is 0 Å². The standard InChI is InChI=1S/C14H20N4/c1-4-12-8-13(5-2)18(17-12)14-7-6-11(9-16-14)10(3)15/h6-10H,4-5,15H2,1-3H3/t10-/m0/s1. The molecule has 0 saturated heterocycles. The predicted molar refractivity (Wildman–Crippen MR) is 72.7 cm³/mol. The van der Waals surface area contributed by atoms with Crippen LogP contribution in [-0.2, 0) is 12.8 Å². The van der Waals surface area contributed by atoms with Crippen LogP contribution in [0.3, 0.4) is 0 Å². The lowest BCUT2D eigenvalue weighted by molar-refractivity contribution is 0.761. The quantitative estimate of drug-likeness (QED) is 0.898. The van der Waals surface area contributed by atoms with Crippen LogP contribution in [0.2, 0.25) is 0 Å². The molecule has 0 unspecified atom stereocenters.